The zero-order valence-electron chi connectivity index (χ0n) is 8.70. The number of halogens is 1. The zero-order chi connectivity index (χ0) is 11.1. The van der Waals surface area contributed by atoms with E-state index in [1.54, 1.807) is 13.0 Å². The van der Waals surface area contributed by atoms with Crippen molar-refractivity contribution in [1.82, 2.24) is 0 Å². The van der Waals surface area contributed by atoms with Gasteiger partial charge in [0.15, 0.2) is 0 Å². The monoisotopic (exact) mass is 214 g/mol. The molecule has 15 heavy (non-hydrogen) atoms. The molecule has 0 atom stereocenters. The molecule has 0 saturated carbocycles. The predicted octanol–water partition coefficient (Wildman–Crippen LogP) is 1.52. The Bertz CT molecular complexity index is 302. The summed E-state index contributed by atoms with van der Waals surface area (Å²) in [5.74, 6) is 0.389. The van der Waals surface area contributed by atoms with E-state index in [4.69, 9.17) is 14.6 Å². The van der Waals surface area contributed by atoms with Gasteiger partial charge in [0.05, 0.1) is 19.8 Å². The second-order valence-electron chi connectivity index (χ2n) is 3.09. The number of aliphatic hydroxyl groups is 1. The van der Waals surface area contributed by atoms with Crippen molar-refractivity contribution in [3.05, 3.63) is 29.6 Å². The van der Waals surface area contributed by atoms with Crippen LogP contribution in [0.5, 0.6) is 5.75 Å². The Hall–Kier alpha value is -1.13. The van der Waals surface area contributed by atoms with E-state index in [2.05, 4.69) is 0 Å². The van der Waals surface area contributed by atoms with Crippen molar-refractivity contribution in [2.24, 2.45) is 0 Å². The number of aliphatic hydroxyl groups excluding tert-OH is 1. The first kappa shape index (κ1) is 11.9. The quantitative estimate of drug-likeness (QED) is 0.730. The third-order valence-electron chi connectivity index (χ3n) is 1.86. The smallest absolute Gasteiger partial charge is 0.123 e. The minimum absolute atomic E-state index is 0.00950. The molecule has 1 N–H and O–H groups in total. The second kappa shape index (κ2) is 6.37. The van der Waals surface area contributed by atoms with Gasteiger partial charge < -0.3 is 14.6 Å². The number of hydrogen-bond acceptors (Lipinski definition) is 3. The second-order valence-corrected chi connectivity index (χ2v) is 3.09. The zero-order valence-corrected chi connectivity index (χ0v) is 8.70. The Morgan fingerprint density at radius 1 is 1.27 bits per heavy atom. The maximum Gasteiger partial charge on any atom is 0.123 e. The molecule has 0 bridgehead atoms. The third kappa shape index (κ3) is 4.27. The van der Waals surface area contributed by atoms with E-state index in [0.29, 0.717) is 25.6 Å². The predicted molar refractivity (Wildman–Crippen MR) is 54.5 cm³/mol. The summed E-state index contributed by atoms with van der Waals surface area (Å²) in [4.78, 5) is 0. The molecule has 84 valence electrons. The maximum absolute atomic E-state index is 12.7. The van der Waals surface area contributed by atoms with E-state index in [1.165, 1.54) is 12.1 Å². The van der Waals surface area contributed by atoms with E-state index in [0.717, 1.165) is 5.56 Å². The number of aryl methyl sites for hydroxylation is 1. The average molecular weight is 214 g/mol. The molecular weight excluding hydrogens is 199 g/mol. The van der Waals surface area contributed by atoms with Crippen LogP contribution in [0.25, 0.3) is 0 Å². The highest BCUT2D eigenvalue weighted by Gasteiger charge is 2.00. The first-order valence-corrected chi connectivity index (χ1v) is 4.81. The Kier molecular flexibility index (Phi) is 5.07. The van der Waals surface area contributed by atoms with Crippen molar-refractivity contribution in [3.8, 4) is 5.75 Å². The van der Waals surface area contributed by atoms with Crippen LogP contribution in [0.15, 0.2) is 18.2 Å². The molecule has 1 aromatic rings. The van der Waals surface area contributed by atoms with E-state index in [1.807, 2.05) is 0 Å². The van der Waals surface area contributed by atoms with Gasteiger partial charge in [-0.3, -0.25) is 0 Å². The van der Waals surface area contributed by atoms with Crippen LogP contribution in [-0.4, -0.2) is 31.5 Å². The maximum atomic E-state index is 12.7. The minimum atomic E-state index is -0.267. The summed E-state index contributed by atoms with van der Waals surface area (Å²) < 4.78 is 23.1. The van der Waals surface area contributed by atoms with Crippen molar-refractivity contribution >= 4 is 0 Å². The van der Waals surface area contributed by atoms with Crippen molar-refractivity contribution in [2.45, 2.75) is 6.92 Å². The normalized spacial score (nSPS) is 10.3. The summed E-state index contributed by atoms with van der Waals surface area (Å²) in [5, 5.41) is 8.45. The van der Waals surface area contributed by atoms with Crippen molar-refractivity contribution < 1.29 is 19.0 Å². The van der Waals surface area contributed by atoms with E-state index in [-0.39, 0.29) is 12.4 Å². The van der Waals surface area contributed by atoms with Crippen LogP contribution in [0.4, 0.5) is 4.39 Å². The average Bonchev–Trinajstić information content (AvgIpc) is 2.20. The molecule has 1 aromatic carbocycles. The van der Waals surface area contributed by atoms with Gasteiger partial charge in [-0.1, -0.05) is 0 Å². The largest absolute Gasteiger partial charge is 0.491 e. The molecule has 0 saturated heterocycles. The molecule has 0 heterocycles. The molecule has 0 fully saturated rings. The van der Waals surface area contributed by atoms with Gasteiger partial charge in [0, 0.05) is 0 Å². The highest BCUT2D eigenvalue weighted by atomic mass is 19.1. The van der Waals surface area contributed by atoms with Crippen LogP contribution in [0, 0.1) is 12.7 Å². The standard InChI is InChI=1S/C11H15FO3/c1-9-8-10(12)2-3-11(9)15-7-6-14-5-4-13/h2-3,8,13H,4-7H2,1H3. The van der Waals surface area contributed by atoms with Gasteiger partial charge in [0.25, 0.3) is 0 Å². The molecule has 0 aromatic heterocycles. The van der Waals surface area contributed by atoms with Crippen LogP contribution >= 0.6 is 0 Å². The number of benzene rings is 1. The minimum Gasteiger partial charge on any atom is -0.491 e. The molecule has 0 aliphatic rings. The summed E-state index contributed by atoms with van der Waals surface area (Å²) in [6, 6.07) is 4.37. The number of hydrogen-bond donors (Lipinski definition) is 1. The summed E-state index contributed by atoms with van der Waals surface area (Å²) in [5.41, 5.74) is 0.761. The fourth-order valence-corrected chi connectivity index (χ4v) is 1.15. The lowest BCUT2D eigenvalue weighted by molar-refractivity contribution is 0.0703. The van der Waals surface area contributed by atoms with Gasteiger partial charge >= 0.3 is 0 Å². The Morgan fingerprint density at radius 2 is 2.07 bits per heavy atom. The molecule has 3 nitrogen and oxygen atoms in total. The Morgan fingerprint density at radius 3 is 2.73 bits per heavy atom. The highest BCUT2D eigenvalue weighted by Crippen LogP contribution is 2.17. The van der Waals surface area contributed by atoms with Crippen molar-refractivity contribution in [1.29, 1.82) is 0 Å². The summed E-state index contributed by atoms with van der Waals surface area (Å²) in [6.45, 7) is 2.91. The van der Waals surface area contributed by atoms with Crippen LogP contribution in [0.2, 0.25) is 0 Å². The van der Waals surface area contributed by atoms with E-state index >= 15 is 0 Å². The van der Waals surface area contributed by atoms with E-state index in [9.17, 15) is 4.39 Å². The fraction of sp³-hybridized carbons (Fsp3) is 0.455. The van der Waals surface area contributed by atoms with Gasteiger partial charge in [-0.25, -0.2) is 4.39 Å². The first-order chi connectivity index (χ1) is 7.24. The van der Waals surface area contributed by atoms with Gasteiger partial charge in [-0.15, -0.1) is 0 Å². The third-order valence-corrected chi connectivity index (χ3v) is 1.86. The molecular formula is C11H15FO3. The number of ether oxygens (including phenoxy) is 2. The van der Waals surface area contributed by atoms with Gasteiger partial charge in [-0.05, 0) is 30.7 Å². The molecule has 4 heteroatoms. The lowest BCUT2D eigenvalue weighted by Gasteiger charge is -2.08. The molecule has 0 radical (unpaired) electrons. The van der Waals surface area contributed by atoms with Crippen molar-refractivity contribution in [2.75, 3.05) is 26.4 Å². The topological polar surface area (TPSA) is 38.7 Å². The Balaban J connectivity index is 2.31. The SMILES string of the molecule is Cc1cc(F)ccc1OCCOCCO. The lowest BCUT2D eigenvalue weighted by atomic mass is 10.2. The van der Waals surface area contributed by atoms with Crippen LogP contribution in [-0.2, 0) is 4.74 Å². The lowest BCUT2D eigenvalue weighted by Crippen LogP contribution is -2.09. The van der Waals surface area contributed by atoms with Gasteiger partial charge in [0.2, 0.25) is 0 Å². The van der Waals surface area contributed by atoms with Crippen LogP contribution in [0.1, 0.15) is 5.56 Å². The highest BCUT2D eigenvalue weighted by molar-refractivity contribution is 5.32. The van der Waals surface area contributed by atoms with Gasteiger partial charge in [-0.2, -0.15) is 0 Å². The molecule has 0 spiro atoms. The van der Waals surface area contributed by atoms with Crippen LogP contribution in [0.3, 0.4) is 0 Å². The molecule has 0 aliphatic heterocycles. The summed E-state index contributed by atoms with van der Waals surface area (Å²) in [6.07, 6.45) is 0. The van der Waals surface area contributed by atoms with E-state index < -0.39 is 0 Å². The first-order valence-electron chi connectivity index (χ1n) is 4.81. The number of rotatable bonds is 6. The molecule has 0 amide bonds. The molecule has 1 rings (SSSR count). The van der Waals surface area contributed by atoms with Crippen LogP contribution < -0.4 is 4.74 Å². The molecule has 0 aliphatic carbocycles. The fourth-order valence-electron chi connectivity index (χ4n) is 1.15. The molecule has 0 unspecified atom stereocenters. The Labute approximate surface area is 88.4 Å². The van der Waals surface area contributed by atoms with Gasteiger partial charge in [0.1, 0.15) is 18.2 Å². The summed E-state index contributed by atoms with van der Waals surface area (Å²) >= 11 is 0. The van der Waals surface area contributed by atoms with Crippen molar-refractivity contribution in [3.63, 3.8) is 0 Å². The summed E-state index contributed by atoms with van der Waals surface area (Å²) in [7, 11) is 0.